The Labute approximate surface area is 109 Å². The highest BCUT2D eigenvalue weighted by Crippen LogP contribution is 2.28. The largest absolute Gasteiger partial charge is 0.378 e. The number of aromatic amines is 1. The molecule has 1 aliphatic heterocycles. The Kier molecular flexibility index (Phi) is 2.52. The van der Waals surface area contributed by atoms with Crippen LogP contribution in [0.1, 0.15) is 0 Å². The van der Waals surface area contributed by atoms with Gasteiger partial charge in [0.25, 0.3) is 0 Å². The van der Waals surface area contributed by atoms with Gasteiger partial charge in [-0.3, -0.25) is 4.79 Å². The number of hydrogen-bond acceptors (Lipinski definition) is 3. The Morgan fingerprint density at radius 2 is 1.94 bits per heavy atom. The van der Waals surface area contributed by atoms with E-state index in [2.05, 4.69) is 28.1 Å². The highest BCUT2D eigenvalue weighted by atomic mass is 32.1. The molecule has 1 heterocycles. The molecule has 0 unspecified atom stereocenters. The van der Waals surface area contributed by atoms with Crippen molar-refractivity contribution in [1.82, 2.24) is 0 Å². The van der Waals surface area contributed by atoms with Crippen molar-refractivity contribution in [3.05, 3.63) is 46.6 Å². The summed E-state index contributed by atoms with van der Waals surface area (Å²) in [4.78, 5) is 17.8. The number of aromatic nitrogens is 1. The molecule has 2 aliphatic rings. The summed E-state index contributed by atoms with van der Waals surface area (Å²) < 4.78 is 1.15. The highest BCUT2D eigenvalue weighted by molar-refractivity contribution is 7.21. The van der Waals surface area contributed by atoms with Gasteiger partial charge in [0.1, 0.15) is 9.58 Å². The van der Waals surface area contributed by atoms with Crippen LogP contribution in [0.4, 0.5) is 5.69 Å². The molecule has 0 fully saturated rings. The fourth-order valence-corrected chi connectivity index (χ4v) is 2.98. The normalized spacial score (nSPS) is 11.0. The minimum atomic E-state index is 0.0512. The molecule has 1 aromatic rings. The number of rotatable bonds is 1. The van der Waals surface area contributed by atoms with Gasteiger partial charge in [-0.05, 0) is 18.2 Å². The molecule has 0 saturated carbocycles. The zero-order valence-corrected chi connectivity index (χ0v) is 11.0. The van der Waals surface area contributed by atoms with Gasteiger partial charge in [0.05, 0.1) is 0 Å². The second kappa shape index (κ2) is 4.07. The maximum atomic E-state index is 11.4. The van der Waals surface area contributed by atoms with E-state index in [1.54, 1.807) is 23.5 Å². The fraction of sp³-hybridized carbons (Fsp3) is 0.143. The molecule has 0 radical (unpaired) electrons. The predicted molar refractivity (Wildman–Crippen MR) is 75.6 cm³/mol. The molecule has 0 bridgehead atoms. The van der Waals surface area contributed by atoms with E-state index in [4.69, 9.17) is 0 Å². The van der Waals surface area contributed by atoms with E-state index in [1.807, 2.05) is 20.2 Å². The number of fused-ring (bicyclic) bond motifs is 2. The van der Waals surface area contributed by atoms with Crippen molar-refractivity contribution >= 4 is 27.2 Å². The lowest BCUT2D eigenvalue weighted by Crippen LogP contribution is -2.12. The SMILES string of the molecule is CN(C)c1ccc2[nH+]c3ccc(=O)cc-3sc2c1. The molecule has 4 heteroatoms. The van der Waals surface area contributed by atoms with Crippen LogP contribution in [-0.2, 0) is 0 Å². The van der Waals surface area contributed by atoms with Gasteiger partial charge in [-0.1, -0.05) is 0 Å². The third kappa shape index (κ3) is 1.84. The van der Waals surface area contributed by atoms with Crippen LogP contribution in [0.2, 0.25) is 0 Å². The second-order valence-corrected chi connectivity index (χ2v) is 5.54. The summed E-state index contributed by atoms with van der Waals surface area (Å²) >= 11 is 1.64. The molecule has 3 rings (SSSR count). The Morgan fingerprint density at radius 3 is 2.72 bits per heavy atom. The van der Waals surface area contributed by atoms with Crippen LogP contribution < -0.4 is 15.3 Å². The maximum absolute atomic E-state index is 11.4. The number of anilines is 1. The molecule has 0 atom stereocenters. The maximum Gasteiger partial charge on any atom is 0.221 e. The first-order valence-electron chi connectivity index (χ1n) is 5.71. The van der Waals surface area contributed by atoms with Crippen LogP contribution in [0.25, 0.3) is 20.8 Å². The highest BCUT2D eigenvalue weighted by Gasteiger charge is 2.13. The minimum Gasteiger partial charge on any atom is -0.378 e. The van der Waals surface area contributed by atoms with Crippen molar-refractivity contribution in [3.8, 4) is 10.6 Å². The first kappa shape index (κ1) is 11.2. The Hall–Kier alpha value is -1.94. The molecule has 1 aromatic carbocycles. The third-order valence-electron chi connectivity index (χ3n) is 2.92. The van der Waals surface area contributed by atoms with E-state index in [0.29, 0.717) is 0 Å². The number of H-pyrrole nitrogens is 1. The molecule has 0 amide bonds. The lowest BCUT2D eigenvalue weighted by atomic mass is 10.2. The summed E-state index contributed by atoms with van der Waals surface area (Å²) in [5.41, 5.74) is 3.31. The topological polar surface area (TPSA) is 34.5 Å². The van der Waals surface area contributed by atoms with Gasteiger partial charge in [-0.2, -0.15) is 0 Å². The summed E-state index contributed by atoms with van der Waals surface area (Å²) in [5, 5.41) is 0. The van der Waals surface area contributed by atoms with Crippen LogP contribution in [-0.4, -0.2) is 14.1 Å². The van der Waals surface area contributed by atoms with Crippen molar-refractivity contribution in [2.75, 3.05) is 19.0 Å². The molecule has 0 saturated heterocycles. The van der Waals surface area contributed by atoms with Crippen LogP contribution >= 0.6 is 11.3 Å². The van der Waals surface area contributed by atoms with E-state index < -0.39 is 0 Å². The molecule has 0 spiro atoms. The molecule has 90 valence electrons. The number of nitrogens with one attached hydrogen (secondary N) is 1. The average Bonchev–Trinajstić information content (AvgIpc) is 2.35. The van der Waals surface area contributed by atoms with E-state index >= 15 is 0 Å². The van der Waals surface area contributed by atoms with Crippen LogP contribution in [0.3, 0.4) is 0 Å². The summed E-state index contributed by atoms with van der Waals surface area (Å²) in [7, 11) is 4.04. The van der Waals surface area contributed by atoms with Crippen molar-refractivity contribution in [3.63, 3.8) is 0 Å². The molecule has 0 aromatic heterocycles. The number of hydrogen-bond donors (Lipinski definition) is 0. The molecule has 1 N–H and O–H groups in total. The van der Waals surface area contributed by atoms with E-state index in [1.165, 1.54) is 0 Å². The van der Waals surface area contributed by atoms with Gasteiger partial charge >= 0.3 is 0 Å². The zero-order valence-electron chi connectivity index (χ0n) is 10.2. The Balaban J connectivity index is 2.33. The van der Waals surface area contributed by atoms with Gasteiger partial charge in [0.15, 0.2) is 5.43 Å². The molecule has 18 heavy (non-hydrogen) atoms. The molecule has 1 aliphatic carbocycles. The summed E-state index contributed by atoms with van der Waals surface area (Å²) in [6.07, 6.45) is 0. The molecule has 3 nitrogen and oxygen atoms in total. The zero-order chi connectivity index (χ0) is 12.7. The van der Waals surface area contributed by atoms with Gasteiger partial charge in [-0.15, -0.1) is 11.3 Å². The van der Waals surface area contributed by atoms with Gasteiger partial charge in [0, 0.05) is 38.0 Å². The lowest BCUT2D eigenvalue weighted by molar-refractivity contribution is -0.330. The molecular weight excluding hydrogens is 244 g/mol. The predicted octanol–water partition coefficient (Wildman–Crippen LogP) is 2.25. The smallest absolute Gasteiger partial charge is 0.221 e. The first-order valence-corrected chi connectivity index (χ1v) is 6.52. The van der Waals surface area contributed by atoms with Gasteiger partial charge < -0.3 is 4.90 Å². The Morgan fingerprint density at radius 1 is 1.11 bits per heavy atom. The summed E-state index contributed by atoms with van der Waals surface area (Å²) in [5.74, 6) is 0. The molecular formula is C14H13N2OS+. The van der Waals surface area contributed by atoms with Crippen molar-refractivity contribution < 1.29 is 4.98 Å². The van der Waals surface area contributed by atoms with Gasteiger partial charge in [-0.25, -0.2) is 4.98 Å². The van der Waals surface area contributed by atoms with E-state index in [9.17, 15) is 4.79 Å². The standard InChI is InChI=1S/C14H12N2OS/c1-16(2)9-3-5-11-13(7-9)18-14-8-10(17)4-6-12(14)15-11/h3-8H,1-2H3/p+1. The van der Waals surface area contributed by atoms with Crippen LogP contribution in [0.5, 0.6) is 0 Å². The van der Waals surface area contributed by atoms with Crippen molar-refractivity contribution in [2.24, 2.45) is 0 Å². The van der Waals surface area contributed by atoms with Crippen molar-refractivity contribution in [1.29, 1.82) is 0 Å². The first-order chi connectivity index (χ1) is 8.63. The summed E-state index contributed by atoms with van der Waals surface area (Å²) in [6.45, 7) is 0. The monoisotopic (exact) mass is 257 g/mol. The minimum absolute atomic E-state index is 0.0512. The average molecular weight is 257 g/mol. The van der Waals surface area contributed by atoms with Gasteiger partial charge in [0.2, 0.25) is 11.2 Å². The van der Waals surface area contributed by atoms with Crippen LogP contribution in [0.15, 0.2) is 41.2 Å². The fourth-order valence-electron chi connectivity index (χ4n) is 1.93. The quantitative estimate of drug-likeness (QED) is 0.627. The van der Waals surface area contributed by atoms with E-state index in [0.717, 1.165) is 26.5 Å². The lowest BCUT2D eigenvalue weighted by Gasteiger charge is -2.11. The summed E-state index contributed by atoms with van der Waals surface area (Å²) in [6, 6.07) is 11.4. The van der Waals surface area contributed by atoms with E-state index in [-0.39, 0.29) is 5.43 Å². The second-order valence-electron chi connectivity index (χ2n) is 4.46. The Bertz CT molecular complexity index is 748. The van der Waals surface area contributed by atoms with Crippen molar-refractivity contribution in [2.45, 2.75) is 0 Å². The third-order valence-corrected chi connectivity index (χ3v) is 4.04. The number of nitrogens with zero attached hydrogens (tertiary/aromatic N) is 1. The van der Waals surface area contributed by atoms with Crippen LogP contribution in [0, 0.1) is 0 Å². The number of benzene rings is 2.